The summed E-state index contributed by atoms with van der Waals surface area (Å²) in [5.41, 5.74) is 20.7. The van der Waals surface area contributed by atoms with Crippen LogP contribution in [-0.4, -0.2) is 71.3 Å². The minimum absolute atomic E-state index is 0.161. The Morgan fingerprint density at radius 1 is 0.721 bits per heavy atom. The van der Waals surface area contributed by atoms with Gasteiger partial charge in [-0.3, -0.25) is 9.59 Å². The molecular formula is C47H56N8O4S2. The van der Waals surface area contributed by atoms with Crippen molar-refractivity contribution in [1.29, 1.82) is 0 Å². The lowest BCUT2D eigenvalue weighted by Gasteiger charge is -2.28. The Bertz CT molecular complexity index is 2470. The first-order chi connectivity index (χ1) is 29.6. The van der Waals surface area contributed by atoms with Crippen LogP contribution in [0.2, 0.25) is 0 Å². The van der Waals surface area contributed by atoms with E-state index in [2.05, 4.69) is 78.9 Å². The molecule has 12 nitrogen and oxygen atoms in total. The molecule has 6 aromatic rings. The number of carbonyl (C=O) groups excluding carboxylic acids is 2. The van der Waals surface area contributed by atoms with E-state index in [0.717, 1.165) is 72.3 Å². The minimum atomic E-state index is -0.656. The van der Waals surface area contributed by atoms with Crippen LogP contribution in [0.1, 0.15) is 111 Å². The van der Waals surface area contributed by atoms with Crippen LogP contribution in [0.5, 0.6) is 0 Å². The van der Waals surface area contributed by atoms with E-state index in [9.17, 15) is 19.8 Å². The van der Waals surface area contributed by atoms with Crippen LogP contribution in [0.4, 0.5) is 22.7 Å². The molecule has 0 bridgehead atoms. The number of hydrogen-bond donors (Lipinski definition) is 6. The highest BCUT2D eigenvalue weighted by Crippen LogP contribution is 2.38. The summed E-state index contributed by atoms with van der Waals surface area (Å²) >= 11 is 2.56. The quantitative estimate of drug-likeness (QED) is 0.0755. The summed E-state index contributed by atoms with van der Waals surface area (Å²) in [5.74, 6) is -0.342. The van der Waals surface area contributed by atoms with E-state index in [-0.39, 0.29) is 11.8 Å². The fourth-order valence-electron chi connectivity index (χ4n) is 8.45. The molecule has 1 aliphatic carbocycles. The summed E-state index contributed by atoms with van der Waals surface area (Å²) in [6.45, 7) is 7.32. The summed E-state index contributed by atoms with van der Waals surface area (Å²) in [5, 5.41) is 27.3. The zero-order valence-electron chi connectivity index (χ0n) is 34.8. The van der Waals surface area contributed by atoms with Crippen molar-refractivity contribution in [3.8, 4) is 0 Å². The Morgan fingerprint density at radius 2 is 1.21 bits per heavy atom. The number of nitrogens with zero attached hydrogens (tertiary/aromatic N) is 4. The van der Waals surface area contributed by atoms with Gasteiger partial charge in [-0.15, -0.1) is 22.7 Å². The van der Waals surface area contributed by atoms with E-state index in [1.54, 1.807) is 13.0 Å². The number of aromatic nitrogens is 2. The molecule has 2 amide bonds. The molecule has 8 N–H and O–H groups in total. The van der Waals surface area contributed by atoms with Gasteiger partial charge in [0.2, 0.25) is 0 Å². The fraction of sp³-hybridized carbons (Fsp3) is 0.404. The van der Waals surface area contributed by atoms with Gasteiger partial charge in [-0.1, -0.05) is 24.3 Å². The molecule has 2 atom stereocenters. The van der Waals surface area contributed by atoms with Crippen molar-refractivity contribution in [3.05, 3.63) is 105 Å². The molecule has 4 aromatic heterocycles. The molecule has 2 fully saturated rings. The Kier molecular flexibility index (Phi) is 13.3. The van der Waals surface area contributed by atoms with Crippen molar-refractivity contribution in [1.82, 2.24) is 20.6 Å². The standard InChI is InChI=1S/C24H28N4O2S.C23H28N4O2S/c25-20-18-14-16-6-9-19(29)21(16)27-24(18)31-22(20)23(30)26-11-10-15-4-7-17(8-5-15)28-12-2-1-3-13-28;1-15(28)19-10-9-18-20(24)21(30-23(18)26-19)22(29)25-12-11-16-5-7-17(8-6-16)27-13-3-2-4-14-27/h4-5,7-8,14,19,29H,1-3,6,9-13,25H2,(H,26,30);5-10,15,28H,2-4,11-14,24H2,1H3,(H,25,29)/t;15-/m.1/s1. The first-order valence-electron chi connectivity index (χ1n) is 21.6. The van der Waals surface area contributed by atoms with Gasteiger partial charge in [0.15, 0.2) is 0 Å². The van der Waals surface area contributed by atoms with E-state index in [0.29, 0.717) is 51.2 Å². The van der Waals surface area contributed by atoms with Crippen LogP contribution in [0.25, 0.3) is 20.4 Å². The minimum Gasteiger partial charge on any atom is -0.397 e. The van der Waals surface area contributed by atoms with Gasteiger partial charge >= 0.3 is 0 Å². The molecule has 320 valence electrons. The predicted molar refractivity (Wildman–Crippen MR) is 249 cm³/mol. The molecule has 14 heteroatoms. The number of nitrogen functional groups attached to an aromatic ring is 2. The third kappa shape index (κ3) is 9.78. The molecule has 1 unspecified atom stereocenters. The Balaban J connectivity index is 0.000000169. The SMILES string of the molecule is C[C@@H](O)c1ccc2c(N)c(C(=O)NCCc3ccc(N4CCCCC4)cc3)sc2n1.Nc1c(C(=O)NCCc2ccc(N3CCCCC3)cc2)sc2nc3c(cc12)CCC3O. The van der Waals surface area contributed by atoms with Crippen LogP contribution in [0.15, 0.2) is 66.7 Å². The summed E-state index contributed by atoms with van der Waals surface area (Å²) in [6.07, 6.45) is 9.61. The number of nitrogens with two attached hydrogens (primary N) is 2. The number of aliphatic hydroxyl groups is 2. The predicted octanol–water partition coefficient (Wildman–Crippen LogP) is 7.72. The average molecular weight is 861 g/mol. The summed E-state index contributed by atoms with van der Waals surface area (Å²) in [4.78, 5) is 41.6. The number of pyridine rings is 2. The van der Waals surface area contributed by atoms with E-state index < -0.39 is 12.2 Å². The summed E-state index contributed by atoms with van der Waals surface area (Å²) in [6, 6.07) is 22.9. The number of nitrogens with one attached hydrogen (secondary N) is 2. The molecular weight excluding hydrogens is 805 g/mol. The molecule has 0 saturated carbocycles. The molecule has 2 saturated heterocycles. The first-order valence-corrected chi connectivity index (χ1v) is 23.3. The second kappa shape index (κ2) is 19.2. The summed E-state index contributed by atoms with van der Waals surface area (Å²) in [7, 11) is 0. The van der Waals surface area contributed by atoms with Gasteiger partial charge in [-0.25, -0.2) is 9.97 Å². The largest absolute Gasteiger partial charge is 0.397 e. The van der Waals surface area contributed by atoms with Crippen molar-refractivity contribution in [2.75, 3.05) is 60.5 Å². The third-order valence-corrected chi connectivity index (χ3v) is 14.2. The van der Waals surface area contributed by atoms with E-state index in [4.69, 9.17) is 11.5 Å². The highest BCUT2D eigenvalue weighted by atomic mass is 32.1. The van der Waals surface area contributed by atoms with Gasteiger partial charge in [-0.05, 0) is 130 Å². The highest BCUT2D eigenvalue weighted by Gasteiger charge is 2.26. The molecule has 0 radical (unpaired) electrons. The lowest BCUT2D eigenvalue weighted by atomic mass is 10.1. The Hall–Kier alpha value is -5.28. The van der Waals surface area contributed by atoms with Gasteiger partial charge in [0, 0.05) is 61.4 Å². The Labute approximate surface area is 365 Å². The van der Waals surface area contributed by atoms with E-state index >= 15 is 0 Å². The van der Waals surface area contributed by atoms with Gasteiger partial charge in [0.1, 0.15) is 19.4 Å². The lowest BCUT2D eigenvalue weighted by molar-refractivity contribution is 0.0950. The van der Waals surface area contributed by atoms with Gasteiger partial charge in [-0.2, -0.15) is 0 Å². The maximum absolute atomic E-state index is 12.7. The van der Waals surface area contributed by atoms with Crippen molar-refractivity contribution < 1.29 is 19.8 Å². The molecule has 9 rings (SSSR count). The Morgan fingerprint density at radius 3 is 1.72 bits per heavy atom. The molecule has 0 spiro atoms. The van der Waals surface area contributed by atoms with Crippen LogP contribution >= 0.6 is 22.7 Å². The van der Waals surface area contributed by atoms with Crippen LogP contribution < -0.4 is 31.9 Å². The first kappa shape index (κ1) is 42.4. The normalized spacial score (nSPS) is 16.9. The average Bonchev–Trinajstić information content (AvgIpc) is 3.94. The van der Waals surface area contributed by atoms with Crippen LogP contribution in [0.3, 0.4) is 0 Å². The molecule has 3 aliphatic rings. The molecule has 61 heavy (non-hydrogen) atoms. The van der Waals surface area contributed by atoms with Crippen LogP contribution in [0, 0.1) is 0 Å². The van der Waals surface area contributed by atoms with Crippen molar-refractivity contribution in [3.63, 3.8) is 0 Å². The number of aryl methyl sites for hydroxylation is 1. The monoisotopic (exact) mass is 860 g/mol. The fourth-order valence-corrected chi connectivity index (χ4v) is 10.5. The molecule has 2 aromatic carbocycles. The van der Waals surface area contributed by atoms with E-state index in [1.165, 1.54) is 83.7 Å². The number of anilines is 4. The molecule has 2 aliphatic heterocycles. The highest BCUT2D eigenvalue weighted by molar-refractivity contribution is 7.21. The van der Waals surface area contributed by atoms with Gasteiger partial charge in [0.25, 0.3) is 11.8 Å². The van der Waals surface area contributed by atoms with Crippen LogP contribution in [-0.2, 0) is 19.3 Å². The third-order valence-electron chi connectivity index (χ3n) is 12.0. The van der Waals surface area contributed by atoms with E-state index in [1.807, 2.05) is 12.1 Å². The van der Waals surface area contributed by atoms with Gasteiger partial charge < -0.3 is 42.1 Å². The van der Waals surface area contributed by atoms with Crippen molar-refractivity contribution in [2.45, 2.75) is 83.3 Å². The summed E-state index contributed by atoms with van der Waals surface area (Å²) < 4.78 is 0. The smallest absolute Gasteiger partial charge is 0.263 e. The number of piperidine rings is 2. The zero-order valence-corrected chi connectivity index (χ0v) is 36.4. The van der Waals surface area contributed by atoms with Crippen molar-refractivity contribution in [2.24, 2.45) is 0 Å². The number of benzene rings is 2. The molecule has 6 heterocycles. The second-order valence-corrected chi connectivity index (χ2v) is 18.3. The number of rotatable bonds is 11. The number of carbonyl (C=O) groups is 2. The topological polar surface area (TPSA) is 183 Å². The number of hydrogen-bond acceptors (Lipinski definition) is 12. The van der Waals surface area contributed by atoms with Gasteiger partial charge in [0.05, 0.1) is 35.0 Å². The zero-order chi connectivity index (χ0) is 42.5. The lowest BCUT2D eigenvalue weighted by Crippen LogP contribution is -2.29. The number of amides is 2. The van der Waals surface area contributed by atoms with Crippen molar-refractivity contribution >= 4 is 77.7 Å². The maximum Gasteiger partial charge on any atom is 0.263 e. The second-order valence-electron chi connectivity index (χ2n) is 16.3. The maximum atomic E-state index is 12.7. The number of aliphatic hydroxyl groups excluding tert-OH is 2. The number of fused-ring (bicyclic) bond motifs is 3. The number of thiophene rings is 2.